The smallest absolute Gasteiger partial charge is 0.329 e. The number of fused-ring (bicyclic) bond motifs is 2. The summed E-state index contributed by atoms with van der Waals surface area (Å²) in [7, 11) is 1.74. The number of benzene rings is 2. The Morgan fingerprint density at radius 3 is 2.46 bits per heavy atom. The highest BCUT2D eigenvalue weighted by molar-refractivity contribution is 5.81. The fraction of sp³-hybridized carbons (Fsp3) is 0.263. The lowest BCUT2D eigenvalue weighted by Gasteiger charge is -2.29. The van der Waals surface area contributed by atoms with Crippen LogP contribution in [0.25, 0.3) is 11.0 Å². The molecule has 24 heavy (non-hydrogen) atoms. The predicted molar refractivity (Wildman–Crippen MR) is 92.7 cm³/mol. The molecule has 0 saturated heterocycles. The summed E-state index contributed by atoms with van der Waals surface area (Å²) in [5.74, 6) is -0.0112. The fourth-order valence-corrected chi connectivity index (χ4v) is 3.46. The molecule has 0 aliphatic carbocycles. The van der Waals surface area contributed by atoms with Crippen molar-refractivity contribution in [3.05, 3.63) is 70.1 Å². The van der Waals surface area contributed by atoms with E-state index in [0.29, 0.717) is 13.1 Å². The Bertz CT molecular complexity index is 984. The summed E-state index contributed by atoms with van der Waals surface area (Å²) < 4.78 is 3.16. The first kappa shape index (κ1) is 14.8. The van der Waals surface area contributed by atoms with Gasteiger partial charge in [0.2, 0.25) is 5.91 Å². The number of para-hydroxylation sites is 2. The van der Waals surface area contributed by atoms with Gasteiger partial charge in [-0.15, -0.1) is 0 Å². The summed E-state index contributed by atoms with van der Waals surface area (Å²) >= 11 is 0. The van der Waals surface area contributed by atoms with Gasteiger partial charge in [0.05, 0.1) is 11.0 Å². The summed E-state index contributed by atoms with van der Waals surface area (Å²) in [6.45, 7) is 1.41. The van der Waals surface area contributed by atoms with Gasteiger partial charge in [-0.05, 0) is 29.7 Å². The van der Waals surface area contributed by atoms with Crippen molar-refractivity contribution in [1.29, 1.82) is 0 Å². The fourth-order valence-electron chi connectivity index (χ4n) is 3.46. The Balaban J connectivity index is 1.62. The molecule has 4 rings (SSSR count). The van der Waals surface area contributed by atoms with E-state index in [-0.39, 0.29) is 18.1 Å². The van der Waals surface area contributed by atoms with E-state index in [1.54, 1.807) is 16.2 Å². The Morgan fingerprint density at radius 1 is 1.00 bits per heavy atom. The maximum absolute atomic E-state index is 12.7. The standard InChI is InChI=1S/C19H19N3O2/c1-20-16-8-4-5-9-17(16)22(19(20)24)13-18(23)21-11-10-14-6-2-3-7-15(14)12-21/h2-9H,10-13H2,1H3. The van der Waals surface area contributed by atoms with Gasteiger partial charge < -0.3 is 4.90 Å². The van der Waals surface area contributed by atoms with Gasteiger partial charge in [-0.2, -0.15) is 0 Å². The summed E-state index contributed by atoms with van der Waals surface area (Å²) in [6.07, 6.45) is 0.867. The van der Waals surface area contributed by atoms with Crippen molar-refractivity contribution in [3.63, 3.8) is 0 Å². The van der Waals surface area contributed by atoms with Crippen LogP contribution in [-0.2, 0) is 31.4 Å². The van der Waals surface area contributed by atoms with Gasteiger partial charge in [-0.3, -0.25) is 13.9 Å². The third kappa shape index (κ3) is 2.33. The first-order chi connectivity index (χ1) is 11.6. The molecule has 0 fully saturated rings. The number of hydrogen-bond acceptors (Lipinski definition) is 2. The summed E-state index contributed by atoms with van der Waals surface area (Å²) in [5, 5.41) is 0. The van der Waals surface area contributed by atoms with Crippen molar-refractivity contribution >= 4 is 16.9 Å². The number of rotatable bonds is 2. The molecule has 5 nitrogen and oxygen atoms in total. The van der Waals surface area contributed by atoms with Crippen LogP contribution in [0.3, 0.4) is 0 Å². The lowest BCUT2D eigenvalue weighted by atomic mass is 10.00. The Kier molecular flexibility index (Phi) is 3.49. The van der Waals surface area contributed by atoms with Gasteiger partial charge in [0.25, 0.3) is 0 Å². The third-order valence-electron chi connectivity index (χ3n) is 4.83. The van der Waals surface area contributed by atoms with Crippen molar-refractivity contribution in [2.75, 3.05) is 6.54 Å². The maximum atomic E-state index is 12.7. The van der Waals surface area contributed by atoms with E-state index in [1.165, 1.54) is 11.1 Å². The third-order valence-corrected chi connectivity index (χ3v) is 4.83. The van der Waals surface area contributed by atoms with Gasteiger partial charge >= 0.3 is 5.69 Å². The van der Waals surface area contributed by atoms with Crippen molar-refractivity contribution in [1.82, 2.24) is 14.0 Å². The second-order valence-corrected chi connectivity index (χ2v) is 6.25. The van der Waals surface area contributed by atoms with Crippen LogP contribution in [0, 0.1) is 0 Å². The predicted octanol–water partition coefficient (Wildman–Crippen LogP) is 1.92. The summed E-state index contributed by atoms with van der Waals surface area (Å²) in [6, 6.07) is 15.8. The number of amides is 1. The molecule has 5 heteroatoms. The molecule has 2 heterocycles. The Morgan fingerprint density at radius 2 is 1.67 bits per heavy atom. The first-order valence-electron chi connectivity index (χ1n) is 8.14. The van der Waals surface area contributed by atoms with E-state index >= 15 is 0 Å². The molecule has 0 spiro atoms. The molecule has 122 valence electrons. The number of carbonyl (C=O) groups is 1. The van der Waals surface area contributed by atoms with Crippen LogP contribution >= 0.6 is 0 Å². The van der Waals surface area contributed by atoms with Crippen molar-refractivity contribution in [2.24, 2.45) is 7.05 Å². The van der Waals surface area contributed by atoms with E-state index in [0.717, 1.165) is 17.5 Å². The molecular formula is C19H19N3O2. The molecule has 0 radical (unpaired) electrons. The number of hydrogen-bond donors (Lipinski definition) is 0. The molecule has 1 aliphatic rings. The highest BCUT2D eigenvalue weighted by atomic mass is 16.2. The molecule has 1 aliphatic heterocycles. The van der Waals surface area contributed by atoms with Crippen LogP contribution in [0.5, 0.6) is 0 Å². The average molecular weight is 321 g/mol. The largest absolute Gasteiger partial charge is 0.336 e. The summed E-state index contributed by atoms with van der Waals surface area (Å²) in [5.41, 5.74) is 4.00. The highest BCUT2D eigenvalue weighted by Gasteiger charge is 2.22. The van der Waals surface area contributed by atoms with Crippen molar-refractivity contribution < 1.29 is 4.79 Å². The molecular weight excluding hydrogens is 302 g/mol. The van der Waals surface area contributed by atoms with Crippen LogP contribution in [0.2, 0.25) is 0 Å². The zero-order chi connectivity index (χ0) is 16.7. The number of imidazole rings is 1. The molecule has 0 unspecified atom stereocenters. The zero-order valence-corrected chi connectivity index (χ0v) is 13.6. The number of nitrogens with zero attached hydrogens (tertiary/aromatic N) is 3. The second kappa shape index (κ2) is 5.67. The van der Waals surface area contributed by atoms with Crippen LogP contribution < -0.4 is 5.69 Å². The molecule has 0 bridgehead atoms. The van der Waals surface area contributed by atoms with Gasteiger partial charge in [0.1, 0.15) is 6.54 Å². The zero-order valence-electron chi connectivity index (χ0n) is 13.6. The normalized spacial score (nSPS) is 14.0. The van der Waals surface area contributed by atoms with E-state index < -0.39 is 0 Å². The Labute approximate surface area is 139 Å². The second-order valence-electron chi connectivity index (χ2n) is 6.25. The lowest BCUT2D eigenvalue weighted by molar-refractivity contribution is -0.132. The monoisotopic (exact) mass is 321 g/mol. The van der Waals surface area contributed by atoms with Gasteiger partial charge in [-0.25, -0.2) is 4.79 Å². The molecule has 0 N–H and O–H groups in total. The minimum atomic E-state index is -0.151. The van der Waals surface area contributed by atoms with Crippen LogP contribution in [0.4, 0.5) is 0 Å². The minimum Gasteiger partial charge on any atom is -0.336 e. The molecule has 0 saturated carbocycles. The molecule has 1 amide bonds. The van der Waals surface area contributed by atoms with E-state index in [2.05, 4.69) is 12.1 Å². The lowest BCUT2D eigenvalue weighted by Crippen LogP contribution is -2.39. The molecule has 0 atom stereocenters. The number of carbonyl (C=O) groups excluding carboxylic acids is 1. The van der Waals surface area contributed by atoms with Gasteiger partial charge in [0, 0.05) is 20.1 Å². The average Bonchev–Trinajstić information content (AvgIpc) is 2.86. The molecule has 2 aromatic carbocycles. The van der Waals surface area contributed by atoms with Crippen LogP contribution in [0.15, 0.2) is 53.3 Å². The Hall–Kier alpha value is -2.82. The minimum absolute atomic E-state index is 0.0112. The van der Waals surface area contributed by atoms with Gasteiger partial charge in [0.15, 0.2) is 0 Å². The SMILES string of the molecule is Cn1c(=O)n(CC(=O)N2CCc3ccccc3C2)c2ccccc21. The topological polar surface area (TPSA) is 47.2 Å². The highest BCUT2D eigenvalue weighted by Crippen LogP contribution is 2.19. The first-order valence-corrected chi connectivity index (χ1v) is 8.14. The van der Waals surface area contributed by atoms with E-state index in [9.17, 15) is 9.59 Å². The van der Waals surface area contributed by atoms with Gasteiger partial charge in [-0.1, -0.05) is 36.4 Å². The van der Waals surface area contributed by atoms with Crippen molar-refractivity contribution in [3.8, 4) is 0 Å². The maximum Gasteiger partial charge on any atom is 0.329 e. The molecule has 1 aromatic heterocycles. The quantitative estimate of drug-likeness (QED) is 0.724. The van der Waals surface area contributed by atoms with Crippen molar-refractivity contribution in [2.45, 2.75) is 19.5 Å². The number of aromatic nitrogens is 2. The van der Waals surface area contributed by atoms with E-state index in [1.807, 2.05) is 41.3 Å². The van der Waals surface area contributed by atoms with E-state index in [4.69, 9.17) is 0 Å². The molecule has 3 aromatic rings. The van der Waals surface area contributed by atoms with Crippen LogP contribution in [-0.4, -0.2) is 26.5 Å². The summed E-state index contributed by atoms with van der Waals surface area (Å²) in [4.78, 5) is 27.0. The van der Waals surface area contributed by atoms with Crippen LogP contribution in [0.1, 0.15) is 11.1 Å². The number of aryl methyl sites for hydroxylation is 1.